The van der Waals surface area contributed by atoms with Gasteiger partial charge in [-0.2, -0.15) is 0 Å². The fourth-order valence-corrected chi connectivity index (χ4v) is 4.93. The van der Waals surface area contributed by atoms with Crippen LogP contribution in [-0.2, 0) is 14.8 Å². The molecule has 190 valence electrons. The molecule has 0 saturated heterocycles. The Balaban J connectivity index is 1.85. The lowest BCUT2D eigenvalue weighted by Crippen LogP contribution is -2.26. The van der Waals surface area contributed by atoms with Crippen molar-refractivity contribution in [2.24, 2.45) is 0 Å². The van der Waals surface area contributed by atoms with Crippen molar-refractivity contribution in [3.8, 4) is 11.5 Å². The van der Waals surface area contributed by atoms with Crippen LogP contribution in [0.3, 0.4) is 0 Å². The molecule has 0 aliphatic carbocycles. The van der Waals surface area contributed by atoms with E-state index >= 15 is 0 Å². The van der Waals surface area contributed by atoms with Gasteiger partial charge in [0, 0.05) is 29.6 Å². The number of anilines is 2. The molecule has 1 amide bonds. The van der Waals surface area contributed by atoms with Gasteiger partial charge >= 0.3 is 5.97 Å². The first kappa shape index (κ1) is 26.9. The summed E-state index contributed by atoms with van der Waals surface area (Å²) in [7, 11) is 1.74. The minimum Gasteiger partial charge on any atom is -0.493 e. The number of rotatable bonds is 9. The normalized spacial score (nSPS) is 10.9. The number of carbonyl (C=O) groups is 2. The van der Waals surface area contributed by atoms with Crippen LogP contribution in [0, 0.1) is 0 Å². The quantitative estimate of drug-likeness (QED) is 0.322. The van der Waals surface area contributed by atoms with Gasteiger partial charge in [-0.25, -0.2) is 13.2 Å². The minimum atomic E-state index is -3.78. The predicted octanol–water partition coefficient (Wildman–Crippen LogP) is 4.29. The Morgan fingerprint density at radius 2 is 1.47 bits per heavy atom. The van der Waals surface area contributed by atoms with Crippen LogP contribution in [0.25, 0.3) is 0 Å². The van der Waals surface area contributed by atoms with Crippen LogP contribution in [0.4, 0.5) is 11.4 Å². The lowest BCUT2D eigenvalue weighted by molar-refractivity contribution is 0.0601. The molecule has 3 aromatic rings. The van der Waals surface area contributed by atoms with Gasteiger partial charge in [-0.05, 0) is 54.8 Å². The van der Waals surface area contributed by atoms with Crippen molar-refractivity contribution in [1.29, 1.82) is 0 Å². The standard InChI is InChI=1S/C25H26N2O7S2/c1-27(36(30,31)19-12-10-18(35-5)11-13-19)17-8-6-16(7-9-17)24(28)26-21-15-23(33-3)22(32-2)14-20(21)25(29)34-4/h6-15H,1-5H3,(H,26,28). The first-order valence-electron chi connectivity index (χ1n) is 10.5. The smallest absolute Gasteiger partial charge is 0.340 e. The minimum absolute atomic E-state index is 0.0819. The van der Waals surface area contributed by atoms with Gasteiger partial charge in [-0.3, -0.25) is 9.10 Å². The van der Waals surface area contributed by atoms with Crippen LogP contribution in [0.5, 0.6) is 11.5 Å². The van der Waals surface area contributed by atoms with Crippen LogP contribution in [0.1, 0.15) is 20.7 Å². The van der Waals surface area contributed by atoms with E-state index in [1.165, 1.54) is 76.5 Å². The Bertz CT molecular complexity index is 1360. The van der Waals surface area contributed by atoms with Crippen molar-refractivity contribution in [2.75, 3.05) is 44.3 Å². The van der Waals surface area contributed by atoms with E-state index in [0.29, 0.717) is 17.2 Å². The molecule has 1 N–H and O–H groups in total. The molecule has 0 spiro atoms. The first-order valence-corrected chi connectivity index (χ1v) is 13.2. The molecule has 0 radical (unpaired) electrons. The zero-order valence-electron chi connectivity index (χ0n) is 20.4. The summed E-state index contributed by atoms with van der Waals surface area (Å²) in [5.74, 6) is -0.572. The van der Waals surface area contributed by atoms with E-state index in [1.54, 1.807) is 24.3 Å². The highest BCUT2D eigenvalue weighted by Crippen LogP contribution is 2.34. The number of hydrogen-bond donors (Lipinski definition) is 1. The van der Waals surface area contributed by atoms with Crippen molar-refractivity contribution in [3.63, 3.8) is 0 Å². The monoisotopic (exact) mass is 530 g/mol. The van der Waals surface area contributed by atoms with Gasteiger partial charge in [0.2, 0.25) is 0 Å². The third-order valence-corrected chi connectivity index (χ3v) is 7.93. The van der Waals surface area contributed by atoms with Gasteiger partial charge < -0.3 is 19.5 Å². The highest BCUT2D eigenvalue weighted by Gasteiger charge is 2.22. The third kappa shape index (κ3) is 5.58. The lowest BCUT2D eigenvalue weighted by atomic mass is 10.1. The lowest BCUT2D eigenvalue weighted by Gasteiger charge is -2.20. The average molecular weight is 531 g/mol. The second-order valence-electron chi connectivity index (χ2n) is 7.39. The zero-order chi connectivity index (χ0) is 26.5. The zero-order valence-corrected chi connectivity index (χ0v) is 22.0. The first-order chi connectivity index (χ1) is 17.2. The molecule has 0 bridgehead atoms. The summed E-state index contributed by atoms with van der Waals surface area (Å²) in [5, 5.41) is 2.67. The fourth-order valence-electron chi connectivity index (χ4n) is 3.32. The molecule has 0 fully saturated rings. The SMILES string of the molecule is COC(=O)c1cc(OC)c(OC)cc1NC(=O)c1ccc(N(C)S(=O)(=O)c2ccc(SC)cc2)cc1. The maximum atomic E-state index is 13.0. The fraction of sp³-hybridized carbons (Fsp3) is 0.200. The Morgan fingerprint density at radius 3 is 2.00 bits per heavy atom. The molecule has 11 heteroatoms. The molecular weight excluding hydrogens is 504 g/mol. The Kier molecular flexibility index (Phi) is 8.49. The van der Waals surface area contributed by atoms with Crippen LogP contribution >= 0.6 is 11.8 Å². The largest absolute Gasteiger partial charge is 0.493 e. The molecule has 0 atom stereocenters. The van der Waals surface area contributed by atoms with E-state index in [4.69, 9.17) is 14.2 Å². The van der Waals surface area contributed by atoms with E-state index in [0.717, 1.165) is 9.20 Å². The molecular formula is C25H26N2O7S2. The topological polar surface area (TPSA) is 111 Å². The van der Waals surface area contributed by atoms with Gasteiger partial charge in [0.25, 0.3) is 15.9 Å². The highest BCUT2D eigenvalue weighted by molar-refractivity contribution is 7.98. The predicted molar refractivity (Wildman–Crippen MR) is 139 cm³/mol. The Hall–Kier alpha value is -3.70. The molecule has 36 heavy (non-hydrogen) atoms. The van der Waals surface area contributed by atoms with Crippen molar-refractivity contribution in [2.45, 2.75) is 9.79 Å². The third-order valence-electron chi connectivity index (χ3n) is 5.39. The molecule has 3 rings (SSSR count). The molecule has 9 nitrogen and oxygen atoms in total. The second-order valence-corrected chi connectivity index (χ2v) is 10.2. The average Bonchev–Trinajstić information content (AvgIpc) is 2.91. The van der Waals surface area contributed by atoms with Gasteiger partial charge in [0.05, 0.1) is 43.2 Å². The molecule has 3 aromatic carbocycles. The van der Waals surface area contributed by atoms with E-state index in [1.807, 2.05) is 6.26 Å². The van der Waals surface area contributed by atoms with E-state index in [-0.39, 0.29) is 21.7 Å². The number of methoxy groups -OCH3 is 3. The summed E-state index contributed by atoms with van der Waals surface area (Å²) in [4.78, 5) is 26.3. The number of sulfonamides is 1. The van der Waals surface area contributed by atoms with Crippen LogP contribution in [-0.4, -0.2) is 54.9 Å². The highest BCUT2D eigenvalue weighted by atomic mass is 32.2. The van der Waals surface area contributed by atoms with Gasteiger partial charge in [0.1, 0.15) is 0 Å². The number of amides is 1. The number of nitrogens with zero attached hydrogens (tertiary/aromatic N) is 1. The molecule has 0 aromatic heterocycles. The molecule has 0 unspecified atom stereocenters. The Morgan fingerprint density at radius 1 is 0.889 bits per heavy atom. The molecule has 0 saturated carbocycles. The number of ether oxygens (including phenoxy) is 3. The number of thioether (sulfide) groups is 1. The number of esters is 1. The number of hydrogen-bond acceptors (Lipinski definition) is 8. The van der Waals surface area contributed by atoms with Crippen LogP contribution in [0.2, 0.25) is 0 Å². The van der Waals surface area contributed by atoms with Crippen molar-refractivity contribution in [1.82, 2.24) is 0 Å². The Labute approximate surface area is 214 Å². The number of benzene rings is 3. The van der Waals surface area contributed by atoms with Gasteiger partial charge in [-0.1, -0.05) is 0 Å². The summed E-state index contributed by atoms with van der Waals surface area (Å²) in [6, 6.07) is 15.5. The number of carbonyl (C=O) groups excluding carboxylic acids is 2. The van der Waals surface area contributed by atoms with E-state index in [2.05, 4.69) is 5.32 Å². The summed E-state index contributed by atoms with van der Waals surface area (Å²) in [5.41, 5.74) is 0.877. The molecule has 0 aliphatic rings. The van der Waals surface area contributed by atoms with E-state index < -0.39 is 21.9 Å². The molecule has 0 heterocycles. The van der Waals surface area contributed by atoms with Crippen molar-refractivity contribution >= 4 is 45.0 Å². The van der Waals surface area contributed by atoms with Crippen LogP contribution in [0.15, 0.2) is 70.5 Å². The maximum Gasteiger partial charge on any atom is 0.340 e. The maximum absolute atomic E-state index is 13.0. The number of nitrogens with one attached hydrogen (secondary N) is 1. The van der Waals surface area contributed by atoms with Gasteiger partial charge in [-0.15, -0.1) is 11.8 Å². The van der Waals surface area contributed by atoms with Crippen molar-refractivity contribution in [3.05, 3.63) is 71.8 Å². The van der Waals surface area contributed by atoms with Crippen LogP contribution < -0.4 is 19.1 Å². The summed E-state index contributed by atoms with van der Waals surface area (Å²) >= 11 is 1.52. The van der Waals surface area contributed by atoms with Gasteiger partial charge in [0.15, 0.2) is 11.5 Å². The van der Waals surface area contributed by atoms with E-state index in [9.17, 15) is 18.0 Å². The summed E-state index contributed by atoms with van der Waals surface area (Å²) < 4.78 is 42.5. The second kappa shape index (κ2) is 11.4. The van der Waals surface area contributed by atoms with Crippen molar-refractivity contribution < 1.29 is 32.2 Å². The summed E-state index contributed by atoms with van der Waals surface area (Å²) in [6.07, 6.45) is 1.91. The molecule has 0 aliphatic heterocycles. The summed E-state index contributed by atoms with van der Waals surface area (Å²) in [6.45, 7) is 0.